The van der Waals surface area contributed by atoms with Gasteiger partial charge in [-0.05, 0) is 32.6 Å². The molecule has 0 aromatic rings. The van der Waals surface area contributed by atoms with Crippen molar-refractivity contribution in [3.05, 3.63) is 12.2 Å². The fourth-order valence-electron chi connectivity index (χ4n) is 1.57. The largest absolute Gasteiger partial charge is 0.466 e. The molecule has 0 aliphatic carbocycles. The van der Waals surface area contributed by atoms with Gasteiger partial charge < -0.3 is 4.74 Å². The molecule has 0 aromatic carbocycles. The van der Waals surface area contributed by atoms with Gasteiger partial charge in [-0.25, -0.2) is 0 Å². The Bertz CT molecular complexity index is 185. The molecule has 0 aliphatic heterocycles. The molecule has 0 amide bonds. The van der Waals surface area contributed by atoms with E-state index in [1.54, 1.807) is 0 Å². The van der Waals surface area contributed by atoms with Crippen molar-refractivity contribution in [1.82, 2.24) is 0 Å². The second-order valence-corrected chi connectivity index (χ2v) is 3.69. The highest BCUT2D eigenvalue weighted by Crippen LogP contribution is 2.15. The lowest BCUT2D eigenvalue weighted by atomic mass is 9.98. The van der Waals surface area contributed by atoms with Crippen LogP contribution >= 0.6 is 0 Å². The van der Waals surface area contributed by atoms with Crippen molar-refractivity contribution in [2.45, 2.75) is 52.9 Å². The van der Waals surface area contributed by atoms with E-state index in [9.17, 15) is 4.79 Å². The molecule has 0 aliphatic rings. The van der Waals surface area contributed by atoms with Crippen LogP contribution in [-0.4, -0.2) is 12.6 Å². The van der Waals surface area contributed by atoms with Crippen LogP contribution in [0.3, 0.4) is 0 Å². The molecule has 1 unspecified atom stereocenters. The fourth-order valence-corrected chi connectivity index (χ4v) is 1.57. The number of allylic oxidation sites excluding steroid dienone is 2. The van der Waals surface area contributed by atoms with Crippen LogP contribution < -0.4 is 0 Å². The maximum absolute atomic E-state index is 11.6. The molecule has 0 saturated heterocycles. The standard InChI is InChI=1S/C13H24O2/c1-4-7-8-9-11-12(10-5-2)13(14)15-6-3/h7-8,12H,4-6,9-11H2,1-3H3/b8-7+. The molecule has 2 heteroatoms. The zero-order chi connectivity index (χ0) is 11.5. The topological polar surface area (TPSA) is 26.3 Å². The van der Waals surface area contributed by atoms with Crippen molar-refractivity contribution in [2.24, 2.45) is 5.92 Å². The highest BCUT2D eigenvalue weighted by atomic mass is 16.5. The van der Waals surface area contributed by atoms with Gasteiger partial charge in [0.05, 0.1) is 12.5 Å². The summed E-state index contributed by atoms with van der Waals surface area (Å²) >= 11 is 0. The summed E-state index contributed by atoms with van der Waals surface area (Å²) < 4.78 is 5.05. The number of carbonyl (C=O) groups is 1. The molecular formula is C13H24O2. The Labute approximate surface area is 93.7 Å². The highest BCUT2D eigenvalue weighted by molar-refractivity contribution is 5.72. The minimum Gasteiger partial charge on any atom is -0.466 e. The van der Waals surface area contributed by atoms with Crippen molar-refractivity contribution in [2.75, 3.05) is 6.61 Å². The predicted molar refractivity (Wildman–Crippen MR) is 63.7 cm³/mol. The highest BCUT2D eigenvalue weighted by Gasteiger charge is 2.17. The van der Waals surface area contributed by atoms with Crippen LogP contribution in [0.15, 0.2) is 12.2 Å². The van der Waals surface area contributed by atoms with Gasteiger partial charge in [0.2, 0.25) is 0 Å². The van der Waals surface area contributed by atoms with E-state index >= 15 is 0 Å². The lowest BCUT2D eigenvalue weighted by Gasteiger charge is -2.13. The Balaban J connectivity index is 3.91. The van der Waals surface area contributed by atoms with Crippen LogP contribution in [0, 0.1) is 5.92 Å². The Kier molecular flexibility index (Phi) is 9.24. The Morgan fingerprint density at radius 1 is 1.20 bits per heavy atom. The molecule has 0 radical (unpaired) electrons. The maximum Gasteiger partial charge on any atom is 0.308 e. The van der Waals surface area contributed by atoms with Crippen molar-refractivity contribution in [3.63, 3.8) is 0 Å². The lowest BCUT2D eigenvalue weighted by Crippen LogP contribution is -2.17. The van der Waals surface area contributed by atoms with Crippen LogP contribution in [0.5, 0.6) is 0 Å². The lowest BCUT2D eigenvalue weighted by molar-refractivity contribution is -0.148. The Hall–Kier alpha value is -0.790. The quantitative estimate of drug-likeness (QED) is 0.453. The van der Waals surface area contributed by atoms with E-state index < -0.39 is 0 Å². The molecule has 0 fully saturated rings. The summed E-state index contributed by atoms with van der Waals surface area (Å²) in [5.41, 5.74) is 0. The van der Waals surface area contributed by atoms with Crippen molar-refractivity contribution in [1.29, 1.82) is 0 Å². The van der Waals surface area contributed by atoms with E-state index in [0.29, 0.717) is 6.61 Å². The van der Waals surface area contributed by atoms with Crippen molar-refractivity contribution >= 4 is 5.97 Å². The van der Waals surface area contributed by atoms with Crippen molar-refractivity contribution in [3.8, 4) is 0 Å². The first-order chi connectivity index (χ1) is 7.26. The van der Waals surface area contributed by atoms with E-state index in [4.69, 9.17) is 4.74 Å². The number of hydrogen-bond acceptors (Lipinski definition) is 2. The smallest absolute Gasteiger partial charge is 0.308 e. The second kappa shape index (κ2) is 9.75. The Morgan fingerprint density at radius 3 is 2.47 bits per heavy atom. The molecule has 88 valence electrons. The maximum atomic E-state index is 11.6. The summed E-state index contributed by atoms with van der Waals surface area (Å²) in [6, 6.07) is 0. The molecule has 1 atom stereocenters. The number of ether oxygens (including phenoxy) is 1. The first-order valence-corrected chi connectivity index (χ1v) is 6.07. The normalized spacial score (nSPS) is 13.0. The summed E-state index contributed by atoms with van der Waals surface area (Å²) in [6.45, 7) is 6.57. The van der Waals surface area contributed by atoms with Crippen LogP contribution in [0.25, 0.3) is 0 Å². The molecule has 0 bridgehead atoms. The number of rotatable bonds is 8. The van der Waals surface area contributed by atoms with Gasteiger partial charge in [-0.2, -0.15) is 0 Å². The molecule has 0 aromatic heterocycles. The molecular weight excluding hydrogens is 188 g/mol. The van der Waals surface area contributed by atoms with E-state index in [1.165, 1.54) is 0 Å². The zero-order valence-corrected chi connectivity index (χ0v) is 10.3. The minimum absolute atomic E-state index is 0.0238. The van der Waals surface area contributed by atoms with Gasteiger partial charge in [-0.15, -0.1) is 0 Å². The second-order valence-electron chi connectivity index (χ2n) is 3.69. The van der Waals surface area contributed by atoms with Gasteiger partial charge in [0.25, 0.3) is 0 Å². The summed E-state index contributed by atoms with van der Waals surface area (Å²) in [7, 11) is 0. The number of carbonyl (C=O) groups excluding carboxylic acids is 1. The van der Waals surface area contributed by atoms with Gasteiger partial charge in [-0.1, -0.05) is 32.4 Å². The summed E-state index contributed by atoms with van der Waals surface area (Å²) in [6.07, 6.45) is 9.26. The van der Waals surface area contributed by atoms with Gasteiger partial charge in [0, 0.05) is 0 Å². The Morgan fingerprint density at radius 2 is 1.93 bits per heavy atom. The van der Waals surface area contributed by atoms with Gasteiger partial charge in [0.1, 0.15) is 0 Å². The van der Waals surface area contributed by atoms with Gasteiger partial charge in [-0.3, -0.25) is 4.79 Å². The van der Waals surface area contributed by atoms with E-state index in [1.807, 2.05) is 6.92 Å². The third kappa shape index (κ3) is 7.18. The third-order valence-corrected chi connectivity index (χ3v) is 2.34. The molecule has 0 saturated carbocycles. The van der Waals surface area contributed by atoms with Crippen LogP contribution in [0.4, 0.5) is 0 Å². The molecule has 0 heterocycles. The van der Waals surface area contributed by atoms with Crippen LogP contribution in [0.1, 0.15) is 52.9 Å². The first-order valence-electron chi connectivity index (χ1n) is 6.07. The molecule has 15 heavy (non-hydrogen) atoms. The molecule has 2 nitrogen and oxygen atoms in total. The van der Waals surface area contributed by atoms with E-state index in [-0.39, 0.29) is 11.9 Å². The molecule has 0 N–H and O–H groups in total. The fraction of sp³-hybridized carbons (Fsp3) is 0.769. The minimum atomic E-state index is -0.0238. The van der Waals surface area contributed by atoms with Gasteiger partial charge >= 0.3 is 5.97 Å². The summed E-state index contributed by atoms with van der Waals surface area (Å²) in [5, 5.41) is 0. The first kappa shape index (κ1) is 14.2. The van der Waals surface area contributed by atoms with Crippen molar-refractivity contribution < 1.29 is 9.53 Å². The van der Waals surface area contributed by atoms with E-state index in [2.05, 4.69) is 26.0 Å². The number of esters is 1. The monoisotopic (exact) mass is 212 g/mol. The average molecular weight is 212 g/mol. The molecule has 0 spiro atoms. The summed E-state index contributed by atoms with van der Waals surface area (Å²) in [5.74, 6) is 0.0701. The van der Waals surface area contributed by atoms with Gasteiger partial charge in [0.15, 0.2) is 0 Å². The SMILES string of the molecule is CC/C=C/CCC(CCC)C(=O)OCC. The van der Waals surface area contributed by atoms with E-state index in [0.717, 1.165) is 32.1 Å². The molecule has 0 rings (SSSR count). The predicted octanol–water partition coefficient (Wildman–Crippen LogP) is 3.71. The third-order valence-electron chi connectivity index (χ3n) is 2.34. The van der Waals surface area contributed by atoms with Crippen LogP contribution in [-0.2, 0) is 9.53 Å². The zero-order valence-electron chi connectivity index (χ0n) is 10.3. The number of hydrogen-bond donors (Lipinski definition) is 0. The van der Waals surface area contributed by atoms with Crippen LogP contribution in [0.2, 0.25) is 0 Å². The average Bonchev–Trinajstić information content (AvgIpc) is 2.23. The summed E-state index contributed by atoms with van der Waals surface area (Å²) in [4.78, 5) is 11.6.